The third-order valence-corrected chi connectivity index (χ3v) is 4.14. The highest BCUT2D eigenvalue weighted by molar-refractivity contribution is 5.91. The molecule has 0 bridgehead atoms. The summed E-state index contributed by atoms with van der Waals surface area (Å²) in [5.74, 6) is 0.823. The van der Waals surface area contributed by atoms with Crippen molar-refractivity contribution in [1.29, 1.82) is 0 Å². The zero-order valence-corrected chi connectivity index (χ0v) is 12.8. The number of anilines is 1. The molecule has 2 N–H and O–H groups in total. The van der Waals surface area contributed by atoms with E-state index in [9.17, 15) is 4.79 Å². The van der Waals surface area contributed by atoms with Crippen molar-refractivity contribution < 1.29 is 9.53 Å². The molecule has 2 amide bonds. The van der Waals surface area contributed by atoms with Crippen molar-refractivity contribution in [3.63, 3.8) is 0 Å². The van der Waals surface area contributed by atoms with E-state index in [1.165, 1.54) is 0 Å². The SMILES string of the molecule is COc1ccc(C2(NC(=O)Nc3ccccc3C)CC2)cc1. The lowest BCUT2D eigenvalue weighted by Gasteiger charge is -2.19. The predicted molar refractivity (Wildman–Crippen MR) is 87.2 cm³/mol. The molecule has 0 spiro atoms. The molecule has 2 aromatic rings. The summed E-state index contributed by atoms with van der Waals surface area (Å²) in [6.45, 7) is 1.98. The first-order valence-corrected chi connectivity index (χ1v) is 7.42. The van der Waals surface area contributed by atoms with Crippen LogP contribution in [0.2, 0.25) is 0 Å². The van der Waals surface area contributed by atoms with Crippen LogP contribution in [0.25, 0.3) is 0 Å². The largest absolute Gasteiger partial charge is 0.497 e. The Bertz CT molecular complexity index is 676. The molecule has 22 heavy (non-hydrogen) atoms. The molecule has 0 aromatic heterocycles. The molecule has 0 saturated heterocycles. The molecule has 0 radical (unpaired) electrons. The Morgan fingerprint density at radius 1 is 1.09 bits per heavy atom. The Morgan fingerprint density at radius 2 is 1.77 bits per heavy atom. The van der Waals surface area contributed by atoms with Crippen molar-refractivity contribution in [1.82, 2.24) is 5.32 Å². The maximum Gasteiger partial charge on any atom is 0.319 e. The minimum Gasteiger partial charge on any atom is -0.497 e. The van der Waals surface area contributed by atoms with Gasteiger partial charge in [0.25, 0.3) is 0 Å². The van der Waals surface area contributed by atoms with E-state index in [0.29, 0.717) is 0 Å². The number of para-hydroxylation sites is 1. The maximum absolute atomic E-state index is 12.3. The molecule has 114 valence electrons. The van der Waals surface area contributed by atoms with E-state index in [0.717, 1.165) is 35.4 Å². The quantitative estimate of drug-likeness (QED) is 0.901. The molecular formula is C18H20N2O2. The normalized spacial score (nSPS) is 15.0. The second-order valence-electron chi connectivity index (χ2n) is 5.70. The highest BCUT2D eigenvalue weighted by atomic mass is 16.5. The fraction of sp³-hybridized carbons (Fsp3) is 0.278. The number of amides is 2. The molecule has 1 aliphatic rings. The van der Waals surface area contributed by atoms with Crippen LogP contribution in [-0.4, -0.2) is 13.1 Å². The van der Waals surface area contributed by atoms with E-state index in [2.05, 4.69) is 10.6 Å². The molecular weight excluding hydrogens is 276 g/mol. The van der Waals surface area contributed by atoms with E-state index in [-0.39, 0.29) is 11.6 Å². The van der Waals surface area contributed by atoms with Gasteiger partial charge in [-0.1, -0.05) is 30.3 Å². The Kier molecular flexibility index (Phi) is 3.75. The zero-order valence-electron chi connectivity index (χ0n) is 12.8. The first-order valence-electron chi connectivity index (χ1n) is 7.42. The van der Waals surface area contributed by atoms with Crippen LogP contribution < -0.4 is 15.4 Å². The molecule has 0 atom stereocenters. The van der Waals surface area contributed by atoms with Gasteiger partial charge in [0.1, 0.15) is 5.75 Å². The molecule has 0 heterocycles. The number of urea groups is 1. The van der Waals surface area contributed by atoms with Crippen LogP contribution >= 0.6 is 0 Å². The summed E-state index contributed by atoms with van der Waals surface area (Å²) in [5.41, 5.74) is 2.77. The second-order valence-corrected chi connectivity index (χ2v) is 5.70. The Balaban J connectivity index is 1.69. The number of hydrogen-bond donors (Lipinski definition) is 2. The van der Waals surface area contributed by atoms with Gasteiger partial charge >= 0.3 is 6.03 Å². The fourth-order valence-corrected chi connectivity index (χ4v) is 2.60. The van der Waals surface area contributed by atoms with E-state index >= 15 is 0 Å². The van der Waals surface area contributed by atoms with E-state index in [1.807, 2.05) is 55.5 Å². The summed E-state index contributed by atoms with van der Waals surface area (Å²) in [6.07, 6.45) is 1.92. The molecule has 3 rings (SSSR count). The van der Waals surface area contributed by atoms with Gasteiger partial charge < -0.3 is 15.4 Å². The minimum atomic E-state index is -0.237. The molecule has 0 unspecified atom stereocenters. The smallest absolute Gasteiger partial charge is 0.319 e. The van der Waals surface area contributed by atoms with Gasteiger partial charge in [-0.15, -0.1) is 0 Å². The average molecular weight is 296 g/mol. The first-order chi connectivity index (χ1) is 10.6. The van der Waals surface area contributed by atoms with Gasteiger partial charge in [0.2, 0.25) is 0 Å². The fourth-order valence-electron chi connectivity index (χ4n) is 2.60. The first kappa shape index (κ1) is 14.4. The summed E-state index contributed by atoms with van der Waals surface area (Å²) in [5, 5.41) is 6.03. The molecule has 1 saturated carbocycles. The van der Waals surface area contributed by atoms with E-state index in [4.69, 9.17) is 4.74 Å². The molecule has 4 nitrogen and oxygen atoms in total. The van der Waals surface area contributed by atoms with Gasteiger partial charge in [-0.2, -0.15) is 0 Å². The number of rotatable bonds is 4. The number of carbonyl (C=O) groups is 1. The summed E-state index contributed by atoms with van der Waals surface area (Å²) in [7, 11) is 1.65. The Hall–Kier alpha value is -2.49. The topological polar surface area (TPSA) is 50.4 Å². The van der Waals surface area contributed by atoms with Crippen molar-refractivity contribution in [2.75, 3.05) is 12.4 Å². The number of benzene rings is 2. The van der Waals surface area contributed by atoms with Crippen LogP contribution in [0, 0.1) is 6.92 Å². The van der Waals surface area contributed by atoms with Gasteiger partial charge in [-0.25, -0.2) is 4.79 Å². The lowest BCUT2D eigenvalue weighted by atomic mass is 10.1. The Labute approximate surface area is 130 Å². The highest BCUT2D eigenvalue weighted by Crippen LogP contribution is 2.45. The third-order valence-electron chi connectivity index (χ3n) is 4.14. The number of carbonyl (C=O) groups excluding carboxylic acids is 1. The molecule has 4 heteroatoms. The maximum atomic E-state index is 12.3. The van der Waals surface area contributed by atoms with Crippen LogP contribution in [-0.2, 0) is 5.54 Å². The van der Waals surface area contributed by atoms with Gasteiger partial charge in [-0.05, 0) is 49.1 Å². The van der Waals surface area contributed by atoms with Crippen LogP contribution in [0.5, 0.6) is 5.75 Å². The van der Waals surface area contributed by atoms with Gasteiger partial charge in [0.15, 0.2) is 0 Å². The van der Waals surface area contributed by atoms with Crippen molar-refractivity contribution in [2.24, 2.45) is 0 Å². The van der Waals surface area contributed by atoms with Crippen LogP contribution in [0.15, 0.2) is 48.5 Å². The number of nitrogens with one attached hydrogen (secondary N) is 2. The summed E-state index contributed by atoms with van der Waals surface area (Å²) in [6, 6.07) is 15.5. The van der Waals surface area contributed by atoms with E-state index in [1.54, 1.807) is 7.11 Å². The Morgan fingerprint density at radius 3 is 2.36 bits per heavy atom. The molecule has 1 aliphatic carbocycles. The van der Waals surface area contributed by atoms with Crippen molar-refractivity contribution in [2.45, 2.75) is 25.3 Å². The minimum absolute atomic E-state index is 0.164. The average Bonchev–Trinajstić information content (AvgIpc) is 3.30. The van der Waals surface area contributed by atoms with Gasteiger partial charge in [0, 0.05) is 5.69 Å². The standard InChI is InChI=1S/C18H20N2O2/c1-13-5-3-4-6-16(13)19-17(21)20-18(11-12-18)14-7-9-15(22-2)10-8-14/h3-10H,11-12H2,1-2H3,(H2,19,20,21). The summed E-state index contributed by atoms with van der Waals surface area (Å²) in [4.78, 5) is 12.3. The lowest BCUT2D eigenvalue weighted by molar-refractivity contribution is 0.247. The van der Waals surface area contributed by atoms with Crippen molar-refractivity contribution in [3.05, 3.63) is 59.7 Å². The zero-order chi connectivity index (χ0) is 15.6. The number of hydrogen-bond acceptors (Lipinski definition) is 2. The number of aryl methyl sites for hydroxylation is 1. The van der Waals surface area contributed by atoms with Crippen molar-refractivity contribution >= 4 is 11.7 Å². The van der Waals surface area contributed by atoms with Gasteiger partial charge in [0.05, 0.1) is 12.6 Å². The summed E-state index contributed by atoms with van der Waals surface area (Å²) >= 11 is 0. The van der Waals surface area contributed by atoms with Crippen LogP contribution in [0.1, 0.15) is 24.0 Å². The molecule has 1 fully saturated rings. The third kappa shape index (κ3) is 2.91. The molecule has 0 aliphatic heterocycles. The van der Waals surface area contributed by atoms with Crippen LogP contribution in [0.4, 0.5) is 10.5 Å². The van der Waals surface area contributed by atoms with Gasteiger partial charge in [-0.3, -0.25) is 0 Å². The highest BCUT2D eigenvalue weighted by Gasteiger charge is 2.45. The summed E-state index contributed by atoms with van der Waals surface area (Å²) < 4.78 is 5.18. The predicted octanol–water partition coefficient (Wildman–Crippen LogP) is 3.81. The van der Waals surface area contributed by atoms with E-state index < -0.39 is 0 Å². The second kappa shape index (κ2) is 5.72. The van der Waals surface area contributed by atoms with Crippen molar-refractivity contribution in [3.8, 4) is 5.75 Å². The van der Waals surface area contributed by atoms with Crippen LogP contribution in [0.3, 0.4) is 0 Å². The monoisotopic (exact) mass is 296 g/mol. The lowest BCUT2D eigenvalue weighted by Crippen LogP contribution is -2.38. The number of methoxy groups -OCH3 is 1. The number of ether oxygens (including phenoxy) is 1. The molecule has 2 aromatic carbocycles.